The van der Waals surface area contributed by atoms with E-state index in [1.54, 1.807) is 13.8 Å². The summed E-state index contributed by atoms with van der Waals surface area (Å²) in [7, 11) is 0. The van der Waals surface area contributed by atoms with Crippen LogP contribution in [0, 0.1) is 11.8 Å². The second kappa shape index (κ2) is 7.29. The van der Waals surface area contributed by atoms with Crippen LogP contribution in [-0.2, 0) is 9.53 Å². The van der Waals surface area contributed by atoms with Gasteiger partial charge in [-0.25, -0.2) is 0 Å². The Morgan fingerprint density at radius 1 is 1.25 bits per heavy atom. The van der Waals surface area contributed by atoms with Crippen molar-refractivity contribution in [2.24, 2.45) is 11.8 Å². The molecule has 3 nitrogen and oxygen atoms in total. The SMILES string of the molecule is CCC(C)C(=O)OC(CC(C)C)CC(C)(O)C(F)(F)F. The minimum atomic E-state index is -4.75. The van der Waals surface area contributed by atoms with Crippen molar-refractivity contribution < 1.29 is 27.8 Å². The summed E-state index contributed by atoms with van der Waals surface area (Å²) < 4.78 is 43.3. The standard InChI is InChI=1S/C14H25F3O3/c1-6-10(4)12(18)20-11(7-9(2)3)8-13(5,19)14(15,16)17/h9-11,19H,6-8H2,1-5H3. The van der Waals surface area contributed by atoms with E-state index in [2.05, 4.69) is 0 Å². The Kier molecular flexibility index (Phi) is 7.01. The molecule has 6 heteroatoms. The molecule has 0 amide bonds. The maximum Gasteiger partial charge on any atom is 0.417 e. The number of hydrogen-bond acceptors (Lipinski definition) is 3. The summed E-state index contributed by atoms with van der Waals surface area (Å²) >= 11 is 0. The molecule has 0 aromatic carbocycles. The highest BCUT2D eigenvalue weighted by Crippen LogP contribution is 2.35. The van der Waals surface area contributed by atoms with Crippen LogP contribution in [0.15, 0.2) is 0 Å². The monoisotopic (exact) mass is 298 g/mol. The van der Waals surface area contributed by atoms with E-state index in [-0.39, 0.29) is 18.3 Å². The summed E-state index contributed by atoms with van der Waals surface area (Å²) in [5, 5.41) is 9.53. The molecule has 20 heavy (non-hydrogen) atoms. The van der Waals surface area contributed by atoms with Gasteiger partial charge >= 0.3 is 12.1 Å². The maximum absolute atomic E-state index is 12.7. The molecule has 3 atom stereocenters. The van der Waals surface area contributed by atoms with Crippen LogP contribution in [0.2, 0.25) is 0 Å². The van der Waals surface area contributed by atoms with E-state index >= 15 is 0 Å². The Morgan fingerprint density at radius 2 is 1.75 bits per heavy atom. The molecule has 0 aliphatic heterocycles. The fraction of sp³-hybridized carbons (Fsp3) is 0.929. The van der Waals surface area contributed by atoms with Gasteiger partial charge in [-0.2, -0.15) is 13.2 Å². The minimum Gasteiger partial charge on any atom is -0.462 e. The van der Waals surface area contributed by atoms with Gasteiger partial charge in [-0.1, -0.05) is 27.7 Å². The molecule has 0 spiro atoms. The fourth-order valence-electron chi connectivity index (χ4n) is 1.71. The van der Waals surface area contributed by atoms with Crippen molar-refractivity contribution in [3.63, 3.8) is 0 Å². The Hall–Kier alpha value is -0.780. The topological polar surface area (TPSA) is 46.5 Å². The lowest BCUT2D eigenvalue weighted by Gasteiger charge is -2.31. The molecule has 0 aliphatic rings. The zero-order valence-corrected chi connectivity index (χ0v) is 12.8. The first-order valence-electron chi connectivity index (χ1n) is 6.90. The number of rotatable bonds is 7. The van der Waals surface area contributed by atoms with Crippen LogP contribution in [0.25, 0.3) is 0 Å². The molecule has 0 radical (unpaired) electrons. The Bertz CT molecular complexity index is 311. The van der Waals surface area contributed by atoms with Crippen LogP contribution in [0.4, 0.5) is 13.2 Å². The fourth-order valence-corrected chi connectivity index (χ4v) is 1.71. The number of hydrogen-bond donors (Lipinski definition) is 1. The van der Waals surface area contributed by atoms with Crippen LogP contribution in [0.3, 0.4) is 0 Å². The van der Waals surface area contributed by atoms with Crippen LogP contribution in [0.1, 0.15) is 53.9 Å². The number of alkyl halides is 3. The van der Waals surface area contributed by atoms with Crippen LogP contribution < -0.4 is 0 Å². The number of ether oxygens (including phenoxy) is 1. The predicted octanol–water partition coefficient (Wildman–Crippen LogP) is 3.69. The van der Waals surface area contributed by atoms with E-state index in [1.165, 1.54) is 0 Å². The van der Waals surface area contributed by atoms with Gasteiger partial charge in [-0.3, -0.25) is 4.79 Å². The minimum absolute atomic E-state index is 0.0637. The van der Waals surface area contributed by atoms with Gasteiger partial charge in [-0.05, 0) is 25.7 Å². The largest absolute Gasteiger partial charge is 0.462 e. The van der Waals surface area contributed by atoms with Crippen molar-refractivity contribution in [1.82, 2.24) is 0 Å². The van der Waals surface area contributed by atoms with E-state index in [0.29, 0.717) is 13.3 Å². The lowest BCUT2D eigenvalue weighted by molar-refractivity contribution is -0.262. The predicted molar refractivity (Wildman–Crippen MR) is 70.1 cm³/mol. The average molecular weight is 298 g/mol. The summed E-state index contributed by atoms with van der Waals surface area (Å²) in [5.74, 6) is -0.814. The van der Waals surface area contributed by atoms with Crippen LogP contribution in [-0.4, -0.2) is 29.0 Å². The first-order valence-corrected chi connectivity index (χ1v) is 6.90. The van der Waals surface area contributed by atoms with Gasteiger partial charge in [-0.15, -0.1) is 0 Å². The summed E-state index contributed by atoms with van der Waals surface area (Å²) in [6, 6.07) is 0. The molecular formula is C14H25F3O3. The molecular weight excluding hydrogens is 273 g/mol. The summed E-state index contributed by atoms with van der Waals surface area (Å²) in [5.41, 5.74) is -2.86. The van der Waals surface area contributed by atoms with E-state index in [9.17, 15) is 23.1 Å². The van der Waals surface area contributed by atoms with Crippen molar-refractivity contribution in [3.8, 4) is 0 Å². The van der Waals surface area contributed by atoms with Gasteiger partial charge < -0.3 is 9.84 Å². The molecule has 0 aromatic rings. The molecule has 0 aliphatic carbocycles. The third-order valence-corrected chi connectivity index (χ3v) is 3.27. The van der Waals surface area contributed by atoms with E-state index in [4.69, 9.17) is 4.74 Å². The van der Waals surface area contributed by atoms with E-state index < -0.39 is 30.3 Å². The molecule has 0 rings (SSSR count). The highest BCUT2D eigenvalue weighted by atomic mass is 19.4. The highest BCUT2D eigenvalue weighted by molar-refractivity contribution is 5.72. The van der Waals surface area contributed by atoms with Gasteiger partial charge in [0, 0.05) is 6.42 Å². The zero-order valence-electron chi connectivity index (χ0n) is 12.8. The molecule has 120 valence electrons. The number of halogens is 3. The quantitative estimate of drug-likeness (QED) is 0.729. The summed E-state index contributed by atoms with van der Waals surface area (Å²) in [4.78, 5) is 11.7. The number of aliphatic hydroxyl groups is 1. The van der Waals surface area contributed by atoms with Crippen molar-refractivity contribution in [2.45, 2.75) is 71.8 Å². The molecule has 0 fully saturated rings. The van der Waals surface area contributed by atoms with Gasteiger partial charge in [0.05, 0.1) is 5.92 Å². The summed E-state index contributed by atoms with van der Waals surface area (Å²) in [6.45, 7) is 7.82. The Labute approximate surface area is 118 Å². The third-order valence-electron chi connectivity index (χ3n) is 3.27. The van der Waals surface area contributed by atoms with Crippen molar-refractivity contribution >= 4 is 5.97 Å². The molecule has 0 bridgehead atoms. The van der Waals surface area contributed by atoms with Crippen LogP contribution >= 0.6 is 0 Å². The number of carbonyl (C=O) groups is 1. The molecule has 0 aromatic heterocycles. The molecule has 1 N–H and O–H groups in total. The lowest BCUT2D eigenvalue weighted by atomic mass is 9.92. The molecule has 0 saturated carbocycles. The zero-order chi connectivity index (χ0) is 16.1. The Morgan fingerprint density at radius 3 is 2.10 bits per heavy atom. The third kappa shape index (κ3) is 6.11. The number of carbonyl (C=O) groups excluding carboxylic acids is 1. The van der Waals surface area contributed by atoms with Gasteiger partial charge in [0.25, 0.3) is 0 Å². The molecule has 0 saturated heterocycles. The first kappa shape index (κ1) is 19.2. The maximum atomic E-state index is 12.7. The highest BCUT2D eigenvalue weighted by Gasteiger charge is 2.51. The van der Waals surface area contributed by atoms with Gasteiger partial charge in [0.2, 0.25) is 0 Å². The lowest BCUT2D eigenvalue weighted by Crippen LogP contribution is -2.46. The van der Waals surface area contributed by atoms with Gasteiger partial charge in [0.15, 0.2) is 5.60 Å². The van der Waals surface area contributed by atoms with Crippen molar-refractivity contribution in [2.75, 3.05) is 0 Å². The van der Waals surface area contributed by atoms with E-state index in [0.717, 1.165) is 0 Å². The smallest absolute Gasteiger partial charge is 0.417 e. The van der Waals surface area contributed by atoms with Gasteiger partial charge in [0.1, 0.15) is 6.10 Å². The van der Waals surface area contributed by atoms with E-state index in [1.807, 2.05) is 13.8 Å². The average Bonchev–Trinajstić information content (AvgIpc) is 2.24. The normalized spacial score (nSPS) is 18.5. The van der Waals surface area contributed by atoms with Crippen molar-refractivity contribution in [1.29, 1.82) is 0 Å². The first-order chi connectivity index (χ1) is 8.90. The number of esters is 1. The van der Waals surface area contributed by atoms with Crippen molar-refractivity contribution in [3.05, 3.63) is 0 Å². The Balaban J connectivity index is 4.86. The molecule has 3 unspecified atom stereocenters. The second-order valence-corrected chi connectivity index (χ2v) is 5.97. The second-order valence-electron chi connectivity index (χ2n) is 5.97. The molecule has 0 heterocycles. The van der Waals surface area contributed by atoms with Crippen LogP contribution in [0.5, 0.6) is 0 Å². The summed E-state index contributed by atoms with van der Waals surface area (Å²) in [6.07, 6.45) is -5.48.